The molecule has 0 heterocycles. The Bertz CT molecular complexity index is 1530. The molecule has 3 aromatic rings. The predicted molar refractivity (Wildman–Crippen MR) is 173 cm³/mol. The van der Waals surface area contributed by atoms with Crippen molar-refractivity contribution >= 4 is 27.5 Å². The summed E-state index contributed by atoms with van der Waals surface area (Å²) in [5.74, 6) is 0.619. The molecule has 4 rings (SSSR count). The van der Waals surface area contributed by atoms with Crippen molar-refractivity contribution in [2.45, 2.75) is 69.0 Å². The van der Waals surface area contributed by atoms with E-state index in [9.17, 15) is 18.0 Å². The van der Waals surface area contributed by atoms with Gasteiger partial charge in [0.2, 0.25) is 11.8 Å². The highest BCUT2D eigenvalue weighted by Crippen LogP contribution is 2.34. The zero-order chi connectivity index (χ0) is 32.4. The van der Waals surface area contributed by atoms with Gasteiger partial charge in [-0.3, -0.25) is 13.9 Å². The Labute approximate surface area is 266 Å². The Hall–Kier alpha value is -4.25. The number of hydrogen-bond acceptors (Lipinski definition) is 7. The van der Waals surface area contributed by atoms with Gasteiger partial charge in [-0.2, -0.15) is 0 Å². The smallest absolute Gasteiger partial charge is 0.264 e. The zero-order valence-electron chi connectivity index (χ0n) is 26.4. The van der Waals surface area contributed by atoms with Gasteiger partial charge in [-0.25, -0.2) is 8.42 Å². The van der Waals surface area contributed by atoms with Gasteiger partial charge >= 0.3 is 0 Å². The number of carbonyl (C=O) groups is 2. The molecule has 0 aromatic heterocycles. The number of hydrogen-bond donors (Lipinski definition) is 1. The average molecular weight is 638 g/mol. The van der Waals surface area contributed by atoms with Crippen LogP contribution in [0.15, 0.2) is 77.7 Å². The van der Waals surface area contributed by atoms with Gasteiger partial charge in [0.05, 0.1) is 31.9 Å². The number of rotatable bonds is 14. The second-order valence-corrected chi connectivity index (χ2v) is 12.9. The molecule has 0 spiro atoms. The van der Waals surface area contributed by atoms with E-state index in [1.807, 2.05) is 19.1 Å². The van der Waals surface area contributed by atoms with E-state index in [0.717, 1.165) is 42.0 Å². The highest BCUT2D eigenvalue weighted by atomic mass is 32.2. The van der Waals surface area contributed by atoms with E-state index in [0.29, 0.717) is 23.7 Å². The molecule has 45 heavy (non-hydrogen) atoms. The Balaban J connectivity index is 1.73. The van der Waals surface area contributed by atoms with Crippen molar-refractivity contribution < 1.29 is 32.2 Å². The predicted octanol–water partition coefficient (Wildman–Crippen LogP) is 5.16. The summed E-state index contributed by atoms with van der Waals surface area (Å²) in [5, 5.41) is 3.16. The minimum Gasteiger partial charge on any atom is -0.497 e. The van der Waals surface area contributed by atoms with Gasteiger partial charge in [-0.05, 0) is 61.2 Å². The van der Waals surface area contributed by atoms with Crippen LogP contribution in [0.4, 0.5) is 5.69 Å². The lowest BCUT2D eigenvalue weighted by Crippen LogP contribution is -2.54. The van der Waals surface area contributed by atoms with Crippen molar-refractivity contribution in [3.8, 4) is 17.2 Å². The zero-order valence-corrected chi connectivity index (χ0v) is 27.2. The first-order valence-electron chi connectivity index (χ1n) is 15.2. The fourth-order valence-corrected chi connectivity index (χ4v) is 7.05. The van der Waals surface area contributed by atoms with Gasteiger partial charge in [0, 0.05) is 18.7 Å². The van der Waals surface area contributed by atoms with Gasteiger partial charge in [-0.15, -0.1) is 0 Å². The summed E-state index contributed by atoms with van der Waals surface area (Å²) < 4.78 is 45.4. The van der Waals surface area contributed by atoms with E-state index in [2.05, 4.69) is 5.32 Å². The summed E-state index contributed by atoms with van der Waals surface area (Å²) in [6.07, 6.45) is 5.39. The summed E-state index contributed by atoms with van der Waals surface area (Å²) in [6, 6.07) is 19.1. The minimum atomic E-state index is -4.21. The first kappa shape index (κ1) is 33.6. The molecule has 1 saturated carbocycles. The Morgan fingerprint density at radius 1 is 0.867 bits per heavy atom. The second kappa shape index (κ2) is 15.7. The summed E-state index contributed by atoms with van der Waals surface area (Å²) in [7, 11) is 0.301. The molecule has 1 fully saturated rings. The largest absolute Gasteiger partial charge is 0.497 e. The number of nitrogens with one attached hydrogen (secondary N) is 1. The summed E-state index contributed by atoms with van der Waals surface area (Å²) in [4.78, 5) is 29.6. The van der Waals surface area contributed by atoms with Gasteiger partial charge in [0.25, 0.3) is 10.0 Å². The van der Waals surface area contributed by atoms with E-state index in [1.165, 1.54) is 37.3 Å². The normalized spacial score (nSPS) is 14.2. The molecule has 1 atom stereocenters. The van der Waals surface area contributed by atoms with Crippen LogP contribution in [0.25, 0.3) is 0 Å². The molecule has 0 saturated heterocycles. The molecule has 0 radical (unpaired) electrons. The van der Waals surface area contributed by atoms with Crippen molar-refractivity contribution in [1.29, 1.82) is 0 Å². The third kappa shape index (κ3) is 8.27. The summed E-state index contributed by atoms with van der Waals surface area (Å²) in [6.45, 7) is 1.41. The maximum Gasteiger partial charge on any atom is 0.264 e. The van der Waals surface area contributed by atoms with Crippen LogP contribution in [0.3, 0.4) is 0 Å². The van der Waals surface area contributed by atoms with Crippen LogP contribution in [0, 0.1) is 0 Å². The number of amides is 2. The Morgan fingerprint density at radius 2 is 1.53 bits per heavy atom. The monoisotopic (exact) mass is 637 g/mol. The number of anilines is 1. The molecule has 1 aliphatic rings. The molecule has 0 unspecified atom stereocenters. The SMILES string of the molecule is CC[C@H](C(=O)NC1CCCCC1)N(Cc1ccc(OC)cc1)C(=O)CN(c1ccc(OC)c(OC)c1)S(=O)(=O)c1ccccc1. The van der Waals surface area contributed by atoms with Crippen molar-refractivity contribution in [1.82, 2.24) is 10.2 Å². The third-order valence-corrected chi connectivity index (χ3v) is 9.90. The highest BCUT2D eigenvalue weighted by Gasteiger charge is 2.34. The van der Waals surface area contributed by atoms with Gasteiger partial charge in [0.15, 0.2) is 11.5 Å². The number of nitrogens with zero attached hydrogens (tertiary/aromatic N) is 2. The lowest BCUT2D eigenvalue weighted by molar-refractivity contribution is -0.140. The van der Waals surface area contributed by atoms with Gasteiger partial charge in [-0.1, -0.05) is 56.5 Å². The molecule has 11 heteroatoms. The Morgan fingerprint density at radius 3 is 2.13 bits per heavy atom. The third-order valence-electron chi connectivity index (χ3n) is 8.11. The second-order valence-electron chi connectivity index (χ2n) is 11.0. The fourth-order valence-electron chi connectivity index (χ4n) is 5.62. The van der Waals surface area contributed by atoms with Crippen LogP contribution in [0.1, 0.15) is 51.0 Å². The topological polar surface area (TPSA) is 114 Å². The maximum absolute atomic E-state index is 14.4. The van der Waals surface area contributed by atoms with E-state index in [-0.39, 0.29) is 29.1 Å². The van der Waals surface area contributed by atoms with E-state index in [4.69, 9.17) is 14.2 Å². The number of ether oxygens (including phenoxy) is 3. The first-order chi connectivity index (χ1) is 21.7. The maximum atomic E-state index is 14.4. The lowest BCUT2D eigenvalue weighted by atomic mass is 9.95. The molecule has 0 aliphatic heterocycles. The van der Waals surface area contributed by atoms with Gasteiger partial charge in [0.1, 0.15) is 18.3 Å². The van der Waals surface area contributed by atoms with Crippen molar-refractivity contribution in [3.05, 3.63) is 78.4 Å². The van der Waals surface area contributed by atoms with Crippen LogP contribution in [0.5, 0.6) is 17.2 Å². The Kier molecular flexibility index (Phi) is 11.7. The van der Waals surface area contributed by atoms with Crippen molar-refractivity contribution in [3.63, 3.8) is 0 Å². The van der Waals surface area contributed by atoms with E-state index < -0.39 is 28.5 Å². The molecule has 0 bridgehead atoms. The standard InChI is InChI=1S/C34H43N3O7S/c1-5-30(34(39)35-26-12-8-6-9-13-26)36(23-25-16-19-28(42-2)20-17-25)33(38)24-37(45(40,41)29-14-10-7-11-15-29)27-18-21-31(43-3)32(22-27)44-4/h7,10-11,14-22,26,30H,5-6,8-9,12-13,23-24H2,1-4H3,(H,35,39)/t30-/m1/s1. The van der Waals surface area contributed by atoms with Crippen LogP contribution < -0.4 is 23.8 Å². The molecule has 10 nitrogen and oxygen atoms in total. The quantitative estimate of drug-likeness (QED) is 0.260. The summed E-state index contributed by atoms with van der Waals surface area (Å²) >= 11 is 0. The minimum absolute atomic E-state index is 0.0244. The van der Waals surface area contributed by atoms with Crippen molar-refractivity contribution in [2.24, 2.45) is 0 Å². The molecule has 1 N–H and O–H groups in total. The molecule has 1 aliphatic carbocycles. The van der Waals surface area contributed by atoms with Crippen LogP contribution in [-0.4, -0.2) is 65.1 Å². The fraction of sp³-hybridized carbons (Fsp3) is 0.412. The highest BCUT2D eigenvalue weighted by molar-refractivity contribution is 7.92. The van der Waals surface area contributed by atoms with Gasteiger partial charge < -0.3 is 24.4 Å². The van der Waals surface area contributed by atoms with Crippen molar-refractivity contribution in [2.75, 3.05) is 32.2 Å². The molecular weight excluding hydrogens is 594 g/mol. The van der Waals surface area contributed by atoms with Crippen LogP contribution in [0.2, 0.25) is 0 Å². The number of benzene rings is 3. The number of carbonyl (C=O) groups excluding carboxylic acids is 2. The summed E-state index contributed by atoms with van der Waals surface area (Å²) in [5.41, 5.74) is 0.991. The van der Waals surface area contributed by atoms with E-state index in [1.54, 1.807) is 49.6 Å². The first-order valence-corrected chi connectivity index (χ1v) is 16.7. The van der Waals surface area contributed by atoms with E-state index >= 15 is 0 Å². The molecule has 3 aromatic carbocycles. The molecule has 242 valence electrons. The average Bonchev–Trinajstić information content (AvgIpc) is 3.07. The van der Waals surface area contributed by atoms with Crippen LogP contribution >= 0.6 is 0 Å². The molecule has 2 amide bonds. The number of methoxy groups -OCH3 is 3. The molecular formula is C34H43N3O7S. The number of sulfonamides is 1. The van der Waals surface area contributed by atoms with Crippen LogP contribution in [-0.2, 0) is 26.2 Å². The lowest BCUT2D eigenvalue weighted by Gasteiger charge is -2.34.